The van der Waals surface area contributed by atoms with Gasteiger partial charge in [0, 0.05) is 0 Å². The van der Waals surface area contributed by atoms with Crippen LogP contribution in [0.1, 0.15) is 12.5 Å². The van der Waals surface area contributed by atoms with Crippen molar-refractivity contribution in [1.29, 1.82) is 0 Å². The summed E-state index contributed by atoms with van der Waals surface area (Å²) in [6.45, 7) is 2.75. The number of hydrogen-bond acceptors (Lipinski definition) is 2. The Morgan fingerprint density at radius 3 is 2.57 bits per heavy atom. The summed E-state index contributed by atoms with van der Waals surface area (Å²) in [5, 5.41) is 0.673. The molecule has 0 aromatic heterocycles. The number of halogens is 1. The molecule has 0 fully saturated rings. The van der Waals surface area contributed by atoms with Gasteiger partial charge in [-0.05, 0) is 11.3 Å². The maximum Gasteiger partial charge on any atom is 0.154 e. The Labute approximate surface area is 106 Å². The molecular formula is C10H15IN2S. The largest absolute Gasteiger partial charge is 0.379 e. The Balaban J connectivity index is 0.00000169. The SMILES string of the molecule is CCSC(N)=NCc1ccccc1.I. The number of rotatable bonds is 3. The number of nitrogens with zero attached hydrogens (tertiary/aromatic N) is 1. The molecule has 1 aromatic carbocycles. The molecule has 0 saturated heterocycles. The van der Waals surface area contributed by atoms with Gasteiger partial charge in [-0.25, -0.2) is 0 Å². The van der Waals surface area contributed by atoms with Gasteiger partial charge in [-0.3, -0.25) is 4.99 Å². The zero-order valence-electron chi connectivity index (χ0n) is 8.14. The average molecular weight is 322 g/mol. The molecule has 0 saturated carbocycles. The van der Waals surface area contributed by atoms with Gasteiger partial charge in [0.05, 0.1) is 6.54 Å². The Hall–Kier alpha value is -0.230. The second-order valence-corrected chi connectivity index (χ2v) is 3.86. The van der Waals surface area contributed by atoms with E-state index in [-0.39, 0.29) is 24.0 Å². The summed E-state index contributed by atoms with van der Waals surface area (Å²) < 4.78 is 0. The van der Waals surface area contributed by atoms with Crippen molar-refractivity contribution >= 4 is 40.9 Å². The van der Waals surface area contributed by atoms with Crippen LogP contribution in [0, 0.1) is 0 Å². The molecule has 1 rings (SSSR count). The minimum absolute atomic E-state index is 0. The third-order valence-corrected chi connectivity index (χ3v) is 2.27. The number of amidine groups is 1. The van der Waals surface area contributed by atoms with E-state index in [4.69, 9.17) is 5.73 Å². The molecule has 0 amide bonds. The fourth-order valence-electron chi connectivity index (χ4n) is 0.946. The molecule has 1 aromatic rings. The number of thioether (sulfide) groups is 1. The molecule has 0 aliphatic heterocycles. The molecule has 0 atom stereocenters. The second-order valence-electron chi connectivity index (χ2n) is 2.57. The fourth-order valence-corrected chi connectivity index (χ4v) is 1.40. The standard InChI is InChI=1S/C10H14N2S.HI/c1-2-13-10(11)12-8-9-6-4-3-5-7-9;/h3-7H,2,8H2,1H3,(H2,11,12);1H. The van der Waals surface area contributed by atoms with Crippen LogP contribution in [0.15, 0.2) is 35.3 Å². The predicted octanol–water partition coefficient (Wildman–Crippen LogP) is 2.87. The molecule has 0 unspecified atom stereocenters. The molecule has 0 radical (unpaired) electrons. The molecule has 4 heteroatoms. The Morgan fingerprint density at radius 2 is 2.00 bits per heavy atom. The van der Waals surface area contributed by atoms with E-state index in [0.29, 0.717) is 11.7 Å². The molecule has 0 aliphatic rings. The summed E-state index contributed by atoms with van der Waals surface area (Å²) in [6.07, 6.45) is 0. The Kier molecular flexibility index (Phi) is 7.98. The lowest BCUT2D eigenvalue weighted by Gasteiger charge is -1.98. The highest BCUT2D eigenvalue weighted by molar-refractivity contribution is 14.0. The summed E-state index contributed by atoms with van der Waals surface area (Å²) in [5.41, 5.74) is 6.84. The van der Waals surface area contributed by atoms with Gasteiger partial charge in [0.2, 0.25) is 0 Å². The van der Waals surface area contributed by atoms with Crippen LogP contribution in [-0.2, 0) is 6.54 Å². The van der Waals surface area contributed by atoms with E-state index >= 15 is 0 Å². The molecule has 14 heavy (non-hydrogen) atoms. The van der Waals surface area contributed by atoms with Crippen LogP contribution in [0.2, 0.25) is 0 Å². The molecule has 0 bridgehead atoms. The number of hydrogen-bond donors (Lipinski definition) is 1. The first-order chi connectivity index (χ1) is 6.33. The molecule has 2 nitrogen and oxygen atoms in total. The summed E-state index contributed by atoms with van der Waals surface area (Å²) >= 11 is 1.58. The quantitative estimate of drug-likeness (QED) is 0.528. The lowest BCUT2D eigenvalue weighted by Crippen LogP contribution is -2.06. The smallest absolute Gasteiger partial charge is 0.154 e. The maximum atomic E-state index is 5.65. The molecule has 0 spiro atoms. The van der Waals surface area contributed by atoms with Crippen LogP contribution < -0.4 is 5.73 Å². The van der Waals surface area contributed by atoms with Gasteiger partial charge in [-0.1, -0.05) is 49.0 Å². The summed E-state index contributed by atoms with van der Waals surface area (Å²) in [4.78, 5) is 4.24. The normalized spacial score (nSPS) is 10.8. The van der Waals surface area contributed by atoms with E-state index in [1.54, 1.807) is 11.8 Å². The van der Waals surface area contributed by atoms with E-state index in [2.05, 4.69) is 11.9 Å². The molecule has 0 aliphatic carbocycles. The van der Waals surface area contributed by atoms with Crippen LogP contribution in [0.4, 0.5) is 0 Å². The number of aliphatic imine (C=N–C) groups is 1. The van der Waals surface area contributed by atoms with Crippen molar-refractivity contribution in [2.75, 3.05) is 5.75 Å². The summed E-state index contributed by atoms with van der Waals surface area (Å²) in [5.74, 6) is 0.976. The minimum Gasteiger partial charge on any atom is -0.379 e. The van der Waals surface area contributed by atoms with Crippen LogP contribution >= 0.6 is 35.7 Å². The van der Waals surface area contributed by atoms with Crippen LogP contribution in [0.3, 0.4) is 0 Å². The maximum absolute atomic E-state index is 5.65. The molecular weight excluding hydrogens is 307 g/mol. The van der Waals surface area contributed by atoms with Crippen molar-refractivity contribution in [3.05, 3.63) is 35.9 Å². The zero-order valence-corrected chi connectivity index (χ0v) is 11.3. The van der Waals surface area contributed by atoms with Gasteiger partial charge in [0.25, 0.3) is 0 Å². The fraction of sp³-hybridized carbons (Fsp3) is 0.300. The van der Waals surface area contributed by atoms with Crippen molar-refractivity contribution < 1.29 is 0 Å². The van der Waals surface area contributed by atoms with Crippen molar-refractivity contribution in [3.63, 3.8) is 0 Å². The van der Waals surface area contributed by atoms with E-state index in [9.17, 15) is 0 Å². The Bertz CT molecular complexity index is 275. The van der Waals surface area contributed by atoms with E-state index in [1.165, 1.54) is 5.56 Å². The number of nitrogens with two attached hydrogens (primary N) is 1. The van der Waals surface area contributed by atoms with Crippen molar-refractivity contribution in [1.82, 2.24) is 0 Å². The highest BCUT2D eigenvalue weighted by atomic mass is 127. The summed E-state index contributed by atoms with van der Waals surface area (Å²) in [7, 11) is 0. The Morgan fingerprint density at radius 1 is 1.36 bits per heavy atom. The minimum atomic E-state index is 0. The van der Waals surface area contributed by atoms with Crippen molar-refractivity contribution in [2.45, 2.75) is 13.5 Å². The van der Waals surface area contributed by atoms with Gasteiger partial charge >= 0.3 is 0 Å². The third-order valence-electron chi connectivity index (χ3n) is 1.55. The van der Waals surface area contributed by atoms with Gasteiger partial charge in [0.15, 0.2) is 5.17 Å². The van der Waals surface area contributed by atoms with Gasteiger partial charge in [-0.15, -0.1) is 24.0 Å². The third kappa shape index (κ3) is 5.49. The lowest BCUT2D eigenvalue weighted by atomic mass is 10.2. The lowest BCUT2D eigenvalue weighted by molar-refractivity contribution is 1.07. The van der Waals surface area contributed by atoms with Gasteiger partial charge < -0.3 is 5.73 Å². The first kappa shape index (κ1) is 13.8. The van der Waals surface area contributed by atoms with Crippen molar-refractivity contribution in [2.24, 2.45) is 10.7 Å². The van der Waals surface area contributed by atoms with Gasteiger partial charge in [0.1, 0.15) is 0 Å². The summed E-state index contributed by atoms with van der Waals surface area (Å²) in [6, 6.07) is 10.1. The topological polar surface area (TPSA) is 38.4 Å². The zero-order chi connectivity index (χ0) is 9.52. The first-order valence-corrected chi connectivity index (χ1v) is 5.28. The first-order valence-electron chi connectivity index (χ1n) is 4.29. The highest BCUT2D eigenvalue weighted by Crippen LogP contribution is 2.03. The van der Waals surface area contributed by atoms with Crippen LogP contribution in [0.25, 0.3) is 0 Å². The highest BCUT2D eigenvalue weighted by Gasteiger charge is 1.91. The number of benzene rings is 1. The second kappa shape index (κ2) is 8.11. The van der Waals surface area contributed by atoms with E-state index in [0.717, 1.165) is 5.75 Å². The molecule has 78 valence electrons. The molecule has 0 heterocycles. The van der Waals surface area contributed by atoms with Gasteiger partial charge in [-0.2, -0.15) is 0 Å². The van der Waals surface area contributed by atoms with E-state index < -0.39 is 0 Å². The monoisotopic (exact) mass is 322 g/mol. The van der Waals surface area contributed by atoms with Crippen LogP contribution in [0.5, 0.6) is 0 Å². The molecule has 2 N–H and O–H groups in total. The predicted molar refractivity (Wildman–Crippen MR) is 75.3 cm³/mol. The van der Waals surface area contributed by atoms with Crippen molar-refractivity contribution in [3.8, 4) is 0 Å². The van der Waals surface area contributed by atoms with Crippen LogP contribution in [-0.4, -0.2) is 10.9 Å². The average Bonchev–Trinajstić information content (AvgIpc) is 2.17. The van der Waals surface area contributed by atoms with E-state index in [1.807, 2.05) is 30.3 Å².